The van der Waals surface area contributed by atoms with Gasteiger partial charge in [0.1, 0.15) is 0 Å². The van der Waals surface area contributed by atoms with E-state index in [4.69, 9.17) is 17.3 Å². The van der Waals surface area contributed by atoms with Crippen LogP contribution >= 0.6 is 11.6 Å². The van der Waals surface area contributed by atoms with E-state index in [-0.39, 0.29) is 6.04 Å². The molecule has 13 heavy (non-hydrogen) atoms. The summed E-state index contributed by atoms with van der Waals surface area (Å²) in [5.74, 6) is 0. The second-order valence-electron chi connectivity index (χ2n) is 3.12. The van der Waals surface area contributed by atoms with Crippen LogP contribution in [0.3, 0.4) is 0 Å². The average Bonchev–Trinajstić information content (AvgIpc) is 2.15. The van der Waals surface area contributed by atoms with E-state index in [9.17, 15) is 0 Å². The van der Waals surface area contributed by atoms with Crippen molar-refractivity contribution < 1.29 is 0 Å². The fourth-order valence-electron chi connectivity index (χ4n) is 1.23. The first-order valence-corrected chi connectivity index (χ1v) is 4.99. The number of aromatic nitrogens is 1. The van der Waals surface area contributed by atoms with Crippen molar-refractivity contribution in [3.05, 3.63) is 29.0 Å². The summed E-state index contributed by atoms with van der Waals surface area (Å²) in [5, 5.41) is 0.672. The van der Waals surface area contributed by atoms with E-state index in [1.54, 1.807) is 6.20 Å². The first-order chi connectivity index (χ1) is 6.25. The van der Waals surface area contributed by atoms with E-state index in [1.165, 1.54) is 0 Å². The van der Waals surface area contributed by atoms with E-state index in [2.05, 4.69) is 11.9 Å². The summed E-state index contributed by atoms with van der Waals surface area (Å²) >= 11 is 5.96. The SMILES string of the molecule is CCCCC(N)c1ncccc1Cl. The molecule has 1 rings (SSSR count). The van der Waals surface area contributed by atoms with Crippen molar-refractivity contribution in [3.63, 3.8) is 0 Å². The smallest absolute Gasteiger partial charge is 0.0756 e. The van der Waals surface area contributed by atoms with Gasteiger partial charge in [0.2, 0.25) is 0 Å². The summed E-state index contributed by atoms with van der Waals surface area (Å²) in [4.78, 5) is 4.17. The molecule has 0 aliphatic carbocycles. The van der Waals surface area contributed by atoms with Crippen molar-refractivity contribution in [3.8, 4) is 0 Å². The van der Waals surface area contributed by atoms with Crippen LogP contribution in [-0.4, -0.2) is 4.98 Å². The van der Waals surface area contributed by atoms with Gasteiger partial charge in [-0.05, 0) is 18.6 Å². The molecule has 0 saturated carbocycles. The minimum Gasteiger partial charge on any atom is -0.323 e. The molecule has 1 unspecified atom stereocenters. The van der Waals surface area contributed by atoms with Gasteiger partial charge in [0.25, 0.3) is 0 Å². The molecule has 2 nitrogen and oxygen atoms in total. The molecule has 0 spiro atoms. The third-order valence-electron chi connectivity index (χ3n) is 2.01. The van der Waals surface area contributed by atoms with Gasteiger partial charge in [0.15, 0.2) is 0 Å². The Morgan fingerprint density at radius 2 is 2.38 bits per heavy atom. The van der Waals surface area contributed by atoms with Crippen molar-refractivity contribution >= 4 is 11.6 Å². The third-order valence-corrected chi connectivity index (χ3v) is 2.33. The molecule has 0 amide bonds. The Kier molecular flexibility index (Phi) is 4.19. The van der Waals surface area contributed by atoms with Crippen LogP contribution in [0.4, 0.5) is 0 Å². The summed E-state index contributed by atoms with van der Waals surface area (Å²) in [6.07, 6.45) is 4.95. The maximum absolute atomic E-state index is 5.96. The summed E-state index contributed by atoms with van der Waals surface area (Å²) in [7, 11) is 0. The first kappa shape index (κ1) is 10.5. The molecular formula is C10H15ClN2. The zero-order valence-electron chi connectivity index (χ0n) is 7.83. The molecule has 1 heterocycles. The van der Waals surface area contributed by atoms with Gasteiger partial charge in [0, 0.05) is 12.2 Å². The van der Waals surface area contributed by atoms with E-state index >= 15 is 0 Å². The Balaban J connectivity index is 2.65. The van der Waals surface area contributed by atoms with E-state index in [1.807, 2.05) is 12.1 Å². The molecule has 0 bridgehead atoms. The zero-order chi connectivity index (χ0) is 9.68. The molecule has 0 saturated heterocycles. The van der Waals surface area contributed by atoms with Crippen LogP contribution in [0, 0.1) is 0 Å². The van der Waals surface area contributed by atoms with Crippen molar-refractivity contribution in [2.45, 2.75) is 32.2 Å². The Morgan fingerprint density at radius 3 is 3.00 bits per heavy atom. The summed E-state index contributed by atoms with van der Waals surface area (Å²) in [5.41, 5.74) is 6.75. The van der Waals surface area contributed by atoms with Crippen LogP contribution in [0.1, 0.15) is 37.9 Å². The molecule has 3 heteroatoms. The van der Waals surface area contributed by atoms with Crippen molar-refractivity contribution in [1.29, 1.82) is 0 Å². The quantitative estimate of drug-likeness (QED) is 0.808. The van der Waals surface area contributed by atoms with Crippen LogP contribution in [0.2, 0.25) is 5.02 Å². The predicted molar refractivity (Wildman–Crippen MR) is 55.7 cm³/mol. The van der Waals surface area contributed by atoms with E-state index in [0.29, 0.717) is 5.02 Å². The number of nitrogens with zero attached hydrogens (tertiary/aromatic N) is 1. The Morgan fingerprint density at radius 1 is 1.62 bits per heavy atom. The number of pyridine rings is 1. The second kappa shape index (κ2) is 5.20. The Bertz CT molecular complexity index is 263. The molecule has 2 N–H and O–H groups in total. The lowest BCUT2D eigenvalue weighted by Gasteiger charge is -2.11. The lowest BCUT2D eigenvalue weighted by Crippen LogP contribution is -2.12. The minimum absolute atomic E-state index is 0.0198. The minimum atomic E-state index is -0.0198. The van der Waals surface area contributed by atoms with Crippen LogP contribution < -0.4 is 5.73 Å². The second-order valence-corrected chi connectivity index (χ2v) is 3.53. The first-order valence-electron chi connectivity index (χ1n) is 4.61. The van der Waals surface area contributed by atoms with Gasteiger partial charge in [-0.2, -0.15) is 0 Å². The van der Waals surface area contributed by atoms with Crippen LogP contribution in [-0.2, 0) is 0 Å². The van der Waals surface area contributed by atoms with Gasteiger partial charge in [-0.1, -0.05) is 31.4 Å². The maximum atomic E-state index is 5.96. The number of rotatable bonds is 4. The van der Waals surface area contributed by atoms with E-state index in [0.717, 1.165) is 25.0 Å². The van der Waals surface area contributed by atoms with Crippen LogP contribution in [0.5, 0.6) is 0 Å². The van der Waals surface area contributed by atoms with Gasteiger partial charge >= 0.3 is 0 Å². The number of hydrogen-bond acceptors (Lipinski definition) is 2. The molecule has 0 aromatic carbocycles. The van der Waals surface area contributed by atoms with Crippen LogP contribution in [0.15, 0.2) is 18.3 Å². The Hall–Kier alpha value is -0.600. The highest BCUT2D eigenvalue weighted by Gasteiger charge is 2.09. The molecule has 1 aromatic rings. The summed E-state index contributed by atoms with van der Waals surface area (Å²) < 4.78 is 0. The summed E-state index contributed by atoms with van der Waals surface area (Å²) in [6, 6.07) is 3.63. The lowest BCUT2D eigenvalue weighted by atomic mass is 10.1. The zero-order valence-corrected chi connectivity index (χ0v) is 8.59. The molecule has 72 valence electrons. The highest BCUT2D eigenvalue weighted by molar-refractivity contribution is 6.31. The van der Waals surface area contributed by atoms with Crippen molar-refractivity contribution in [1.82, 2.24) is 4.98 Å². The molecule has 1 aromatic heterocycles. The molecule has 0 fully saturated rings. The normalized spacial score (nSPS) is 12.8. The average molecular weight is 199 g/mol. The topological polar surface area (TPSA) is 38.9 Å². The van der Waals surface area contributed by atoms with Gasteiger partial charge in [0.05, 0.1) is 10.7 Å². The van der Waals surface area contributed by atoms with E-state index < -0.39 is 0 Å². The molecule has 0 radical (unpaired) electrons. The summed E-state index contributed by atoms with van der Waals surface area (Å²) in [6.45, 7) is 2.15. The standard InChI is InChI=1S/C10H15ClN2/c1-2-3-6-9(12)10-8(11)5-4-7-13-10/h4-5,7,9H,2-3,6,12H2,1H3. The lowest BCUT2D eigenvalue weighted by molar-refractivity contribution is 0.591. The van der Waals surface area contributed by atoms with Crippen LogP contribution in [0.25, 0.3) is 0 Å². The fourth-order valence-corrected chi connectivity index (χ4v) is 1.49. The van der Waals surface area contributed by atoms with Gasteiger partial charge in [-0.25, -0.2) is 0 Å². The van der Waals surface area contributed by atoms with Gasteiger partial charge < -0.3 is 5.73 Å². The number of halogens is 1. The fraction of sp³-hybridized carbons (Fsp3) is 0.500. The van der Waals surface area contributed by atoms with Gasteiger partial charge in [-0.3, -0.25) is 4.98 Å². The predicted octanol–water partition coefficient (Wildman–Crippen LogP) is 2.93. The monoisotopic (exact) mass is 198 g/mol. The van der Waals surface area contributed by atoms with Crippen molar-refractivity contribution in [2.24, 2.45) is 5.73 Å². The number of nitrogens with two attached hydrogens (primary N) is 1. The molecule has 0 aliphatic rings. The molecular weight excluding hydrogens is 184 g/mol. The number of hydrogen-bond donors (Lipinski definition) is 1. The largest absolute Gasteiger partial charge is 0.323 e. The number of unbranched alkanes of at least 4 members (excludes halogenated alkanes) is 1. The maximum Gasteiger partial charge on any atom is 0.0756 e. The highest BCUT2D eigenvalue weighted by atomic mass is 35.5. The molecule has 1 atom stereocenters. The van der Waals surface area contributed by atoms with Gasteiger partial charge in [-0.15, -0.1) is 0 Å². The van der Waals surface area contributed by atoms with Crippen molar-refractivity contribution in [2.75, 3.05) is 0 Å². The molecule has 0 aliphatic heterocycles. The Labute approximate surface area is 84.1 Å². The highest BCUT2D eigenvalue weighted by Crippen LogP contribution is 2.21. The third kappa shape index (κ3) is 2.98.